The molecule has 4 rings (SSSR count). The molecule has 2 heterocycles. The van der Waals surface area contributed by atoms with Crippen molar-refractivity contribution in [3.8, 4) is 0 Å². The van der Waals surface area contributed by atoms with Crippen LogP contribution < -0.4 is 5.32 Å². The van der Waals surface area contributed by atoms with Gasteiger partial charge in [-0.1, -0.05) is 5.16 Å². The lowest BCUT2D eigenvalue weighted by Gasteiger charge is -2.36. The van der Waals surface area contributed by atoms with Crippen LogP contribution in [0.4, 0.5) is 0 Å². The minimum absolute atomic E-state index is 0.579. The molecular weight excluding hydrogens is 302 g/mol. The van der Waals surface area contributed by atoms with Crippen LogP contribution in [0.5, 0.6) is 0 Å². The van der Waals surface area contributed by atoms with Crippen LogP contribution in [0.25, 0.3) is 0 Å². The molecule has 3 fully saturated rings. The molecule has 0 radical (unpaired) electrons. The van der Waals surface area contributed by atoms with Crippen LogP contribution in [0.3, 0.4) is 0 Å². The molecule has 0 unspecified atom stereocenters. The zero-order chi connectivity index (χ0) is 16.4. The minimum Gasteiger partial charge on any atom is -0.364 e. The summed E-state index contributed by atoms with van der Waals surface area (Å²) in [5.74, 6) is 2.09. The smallest absolute Gasteiger partial charge is 0.194 e. The van der Waals surface area contributed by atoms with Crippen molar-refractivity contribution in [1.82, 2.24) is 20.3 Å². The second-order valence-corrected chi connectivity index (χ2v) is 7.56. The molecule has 3 aliphatic rings. The molecule has 1 saturated heterocycles. The van der Waals surface area contributed by atoms with E-state index in [4.69, 9.17) is 9.52 Å². The van der Waals surface area contributed by atoms with E-state index in [1.807, 2.05) is 6.07 Å². The lowest BCUT2D eigenvalue weighted by molar-refractivity contribution is 0.169. The fourth-order valence-corrected chi connectivity index (χ4v) is 3.88. The Labute approximate surface area is 144 Å². The summed E-state index contributed by atoms with van der Waals surface area (Å²) in [4.78, 5) is 9.88. The number of piperazine rings is 1. The number of hydrogen-bond donors (Lipinski definition) is 1. The molecule has 1 aliphatic heterocycles. The molecule has 132 valence electrons. The van der Waals surface area contributed by atoms with E-state index >= 15 is 0 Å². The van der Waals surface area contributed by atoms with Gasteiger partial charge in [0.15, 0.2) is 5.96 Å². The summed E-state index contributed by atoms with van der Waals surface area (Å²) in [7, 11) is 0. The summed E-state index contributed by atoms with van der Waals surface area (Å²) in [5.41, 5.74) is 1.60. The highest BCUT2D eigenvalue weighted by molar-refractivity contribution is 5.80. The fraction of sp³-hybridized carbons (Fsp3) is 0.778. The minimum atomic E-state index is 0.579. The average molecular weight is 331 g/mol. The van der Waals surface area contributed by atoms with Gasteiger partial charge in [0.05, 0.1) is 5.69 Å². The summed E-state index contributed by atoms with van der Waals surface area (Å²) in [6.07, 6.45) is 7.31. The van der Waals surface area contributed by atoms with E-state index in [0.717, 1.165) is 63.4 Å². The molecule has 6 nitrogen and oxygen atoms in total. The highest BCUT2D eigenvalue weighted by atomic mass is 16.5. The number of hydrogen-bond acceptors (Lipinski definition) is 4. The SMILES string of the molecule is CCNC(=NCC1(C2CC2)CC1)N1CCN(Cc2ccon2)CC1. The molecule has 0 aromatic carbocycles. The van der Waals surface area contributed by atoms with Gasteiger partial charge in [-0.15, -0.1) is 0 Å². The van der Waals surface area contributed by atoms with Gasteiger partial charge >= 0.3 is 0 Å². The van der Waals surface area contributed by atoms with Crippen molar-refractivity contribution in [3.63, 3.8) is 0 Å². The van der Waals surface area contributed by atoms with Gasteiger partial charge in [-0.25, -0.2) is 0 Å². The van der Waals surface area contributed by atoms with Crippen molar-refractivity contribution in [1.29, 1.82) is 0 Å². The third-order valence-electron chi connectivity index (χ3n) is 5.76. The number of aromatic nitrogens is 1. The van der Waals surface area contributed by atoms with E-state index in [0.29, 0.717) is 5.41 Å². The molecule has 24 heavy (non-hydrogen) atoms. The molecule has 2 aliphatic carbocycles. The molecule has 0 atom stereocenters. The van der Waals surface area contributed by atoms with Crippen LogP contribution in [0.1, 0.15) is 38.3 Å². The highest BCUT2D eigenvalue weighted by Crippen LogP contribution is 2.61. The van der Waals surface area contributed by atoms with E-state index in [-0.39, 0.29) is 0 Å². The molecular formula is C18H29N5O. The number of aliphatic imine (C=N–C) groups is 1. The first-order valence-corrected chi connectivity index (χ1v) is 9.44. The lowest BCUT2D eigenvalue weighted by atomic mass is 10.0. The summed E-state index contributed by atoms with van der Waals surface area (Å²) in [5, 5.41) is 7.52. The molecule has 2 saturated carbocycles. The Morgan fingerprint density at radius 3 is 2.71 bits per heavy atom. The first-order chi connectivity index (χ1) is 11.8. The molecule has 0 spiro atoms. The number of nitrogens with one attached hydrogen (secondary N) is 1. The van der Waals surface area contributed by atoms with Gasteiger partial charge in [-0.3, -0.25) is 9.89 Å². The van der Waals surface area contributed by atoms with E-state index in [1.54, 1.807) is 6.26 Å². The van der Waals surface area contributed by atoms with Crippen LogP contribution in [0.15, 0.2) is 21.8 Å². The van der Waals surface area contributed by atoms with Crippen molar-refractivity contribution in [2.24, 2.45) is 16.3 Å². The fourth-order valence-electron chi connectivity index (χ4n) is 3.88. The van der Waals surface area contributed by atoms with Crippen molar-refractivity contribution in [2.75, 3.05) is 39.3 Å². The van der Waals surface area contributed by atoms with Crippen LogP contribution in [0, 0.1) is 11.3 Å². The Bertz CT molecular complexity index is 554. The first kappa shape index (κ1) is 15.9. The molecule has 1 aromatic rings. The molecule has 1 N–H and O–H groups in total. The summed E-state index contributed by atoms with van der Waals surface area (Å²) < 4.78 is 4.93. The largest absolute Gasteiger partial charge is 0.364 e. The third-order valence-corrected chi connectivity index (χ3v) is 5.76. The Hall–Kier alpha value is -1.56. The van der Waals surface area contributed by atoms with E-state index in [1.165, 1.54) is 25.7 Å². The van der Waals surface area contributed by atoms with Gasteiger partial charge < -0.3 is 14.7 Å². The second-order valence-electron chi connectivity index (χ2n) is 7.56. The highest BCUT2D eigenvalue weighted by Gasteiger charge is 2.53. The van der Waals surface area contributed by atoms with Crippen LogP contribution in [-0.4, -0.2) is 60.2 Å². The summed E-state index contributed by atoms with van der Waals surface area (Å²) in [6, 6.07) is 1.95. The van der Waals surface area contributed by atoms with Gasteiger partial charge in [-0.05, 0) is 43.9 Å². The van der Waals surface area contributed by atoms with E-state index < -0.39 is 0 Å². The summed E-state index contributed by atoms with van der Waals surface area (Å²) in [6.45, 7) is 9.15. The zero-order valence-corrected chi connectivity index (χ0v) is 14.7. The molecule has 0 amide bonds. The Kier molecular flexibility index (Phi) is 4.48. The maximum Gasteiger partial charge on any atom is 0.194 e. The maximum atomic E-state index is 5.02. The normalized spacial score (nSPS) is 24.2. The predicted octanol–water partition coefficient (Wildman–Crippen LogP) is 1.95. The van der Waals surface area contributed by atoms with Crippen LogP contribution in [-0.2, 0) is 6.54 Å². The van der Waals surface area contributed by atoms with Crippen LogP contribution in [0.2, 0.25) is 0 Å². The Morgan fingerprint density at radius 1 is 1.33 bits per heavy atom. The molecule has 6 heteroatoms. The van der Waals surface area contributed by atoms with E-state index in [2.05, 4.69) is 27.2 Å². The van der Waals surface area contributed by atoms with Gasteiger partial charge in [0, 0.05) is 51.9 Å². The quantitative estimate of drug-likeness (QED) is 0.638. The van der Waals surface area contributed by atoms with Gasteiger partial charge in [0.2, 0.25) is 0 Å². The van der Waals surface area contributed by atoms with Gasteiger partial charge in [-0.2, -0.15) is 0 Å². The average Bonchev–Trinajstić information content (AvgIpc) is 3.52. The monoisotopic (exact) mass is 331 g/mol. The van der Waals surface area contributed by atoms with Crippen molar-refractivity contribution >= 4 is 5.96 Å². The number of nitrogens with zero attached hydrogens (tertiary/aromatic N) is 4. The van der Waals surface area contributed by atoms with Gasteiger partial charge in [0.25, 0.3) is 0 Å². The van der Waals surface area contributed by atoms with Crippen LogP contribution >= 0.6 is 0 Å². The number of guanidine groups is 1. The van der Waals surface area contributed by atoms with Gasteiger partial charge in [0.1, 0.15) is 6.26 Å². The zero-order valence-electron chi connectivity index (χ0n) is 14.7. The van der Waals surface area contributed by atoms with Crippen molar-refractivity contribution < 1.29 is 4.52 Å². The third kappa shape index (κ3) is 3.58. The Morgan fingerprint density at radius 2 is 2.12 bits per heavy atom. The van der Waals surface area contributed by atoms with E-state index in [9.17, 15) is 0 Å². The Balaban J connectivity index is 1.31. The topological polar surface area (TPSA) is 56.9 Å². The second kappa shape index (κ2) is 6.75. The predicted molar refractivity (Wildman–Crippen MR) is 93.7 cm³/mol. The molecule has 0 bridgehead atoms. The van der Waals surface area contributed by atoms with Crippen molar-refractivity contribution in [3.05, 3.63) is 18.0 Å². The molecule has 1 aromatic heterocycles. The first-order valence-electron chi connectivity index (χ1n) is 9.44. The summed E-state index contributed by atoms with van der Waals surface area (Å²) >= 11 is 0. The lowest BCUT2D eigenvalue weighted by Crippen LogP contribution is -2.52. The number of rotatable bonds is 6. The maximum absolute atomic E-state index is 5.02. The standard InChI is InChI=1S/C18H29N5O/c1-2-19-17(20-14-18(6-7-18)15-3-4-15)23-10-8-22(9-11-23)13-16-5-12-24-21-16/h5,12,15H,2-4,6-11,13-14H2,1H3,(H,19,20). The van der Waals surface area contributed by atoms with Crippen molar-refractivity contribution in [2.45, 2.75) is 39.2 Å².